The van der Waals surface area contributed by atoms with Crippen LogP contribution in [-0.2, 0) is 13.0 Å². The Balaban J connectivity index is 1.40. The molecule has 2 aliphatic rings. The quantitative estimate of drug-likeness (QED) is 0.476. The van der Waals surface area contributed by atoms with E-state index in [0.29, 0.717) is 24.0 Å². The highest BCUT2D eigenvalue weighted by molar-refractivity contribution is 5.96. The predicted octanol–water partition coefficient (Wildman–Crippen LogP) is 5.21. The fourth-order valence-electron chi connectivity index (χ4n) is 4.86. The summed E-state index contributed by atoms with van der Waals surface area (Å²) in [6, 6.07) is 16.1. The van der Waals surface area contributed by atoms with Crippen molar-refractivity contribution in [3.8, 4) is 11.6 Å². The van der Waals surface area contributed by atoms with Gasteiger partial charge in [0.05, 0.1) is 7.11 Å². The van der Waals surface area contributed by atoms with Gasteiger partial charge in [-0.15, -0.1) is 0 Å². The van der Waals surface area contributed by atoms with Crippen molar-refractivity contribution in [3.05, 3.63) is 71.4 Å². The number of carbonyl (C=O) groups excluding carboxylic acids is 1. The Morgan fingerprint density at radius 3 is 2.60 bits per heavy atom. The first kappa shape index (κ1) is 23.1. The van der Waals surface area contributed by atoms with Crippen LogP contribution in [0.25, 0.3) is 0 Å². The zero-order valence-electron chi connectivity index (χ0n) is 20.2. The standard InChI is InChI=1S/C28H32N4O3/c1-34-23-14-12-20(13-15-23)19-35-27-24(26(33)30-22-9-4-2-3-5-10-22)18-29-28(31-27)32-17-16-21-8-6-7-11-25(21)32/h6-8,11-15,18,22H,2-5,9-10,16-17,19H2,1H3,(H,30,33). The number of para-hydroxylation sites is 1. The minimum absolute atomic E-state index is 0.171. The summed E-state index contributed by atoms with van der Waals surface area (Å²) in [4.78, 5) is 24.7. The molecule has 2 aromatic carbocycles. The van der Waals surface area contributed by atoms with Crippen LogP contribution in [0, 0.1) is 0 Å². The number of rotatable bonds is 7. The minimum atomic E-state index is -0.171. The van der Waals surface area contributed by atoms with Gasteiger partial charge in [-0.1, -0.05) is 56.0 Å². The Morgan fingerprint density at radius 1 is 1.06 bits per heavy atom. The molecular formula is C28H32N4O3. The molecule has 1 N–H and O–H groups in total. The molecule has 1 aliphatic heterocycles. The number of hydrogen-bond acceptors (Lipinski definition) is 6. The molecule has 0 radical (unpaired) electrons. The van der Waals surface area contributed by atoms with Gasteiger partial charge in [0.15, 0.2) is 0 Å². The van der Waals surface area contributed by atoms with Crippen molar-refractivity contribution in [3.63, 3.8) is 0 Å². The highest BCUT2D eigenvalue weighted by Gasteiger charge is 2.25. The van der Waals surface area contributed by atoms with Gasteiger partial charge < -0.3 is 19.7 Å². The molecule has 3 aromatic rings. The first-order valence-electron chi connectivity index (χ1n) is 12.5. The second-order valence-corrected chi connectivity index (χ2v) is 9.22. The van der Waals surface area contributed by atoms with Crippen LogP contribution in [0.4, 0.5) is 11.6 Å². The summed E-state index contributed by atoms with van der Waals surface area (Å²) < 4.78 is 11.4. The third-order valence-corrected chi connectivity index (χ3v) is 6.84. The van der Waals surface area contributed by atoms with Crippen LogP contribution >= 0.6 is 0 Å². The van der Waals surface area contributed by atoms with Crippen molar-refractivity contribution in [2.75, 3.05) is 18.6 Å². The second kappa shape index (κ2) is 10.8. The summed E-state index contributed by atoms with van der Waals surface area (Å²) in [5.41, 5.74) is 3.71. The van der Waals surface area contributed by atoms with Gasteiger partial charge in [0.25, 0.3) is 5.91 Å². The van der Waals surface area contributed by atoms with Gasteiger partial charge in [0.1, 0.15) is 17.9 Å². The van der Waals surface area contributed by atoms with E-state index >= 15 is 0 Å². The molecule has 7 heteroatoms. The average molecular weight is 473 g/mol. The molecule has 2 heterocycles. The van der Waals surface area contributed by atoms with E-state index in [9.17, 15) is 4.79 Å². The van der Waals surface area contributed by atoms with Crippen LogP contribution in [0.3, 0.4) is 0 Å². The summed E-state index contributed by atoms with van der Waals surface area (Å²) in [6.07, 6.45) is 9.33. The number of ether oxygens (including phenoxy) is 2. The van der Waals surface area contributed by atoms with E-state index < -0.39 is 0 Å². The van der Waals surface area contributed by atoms with Crippen LogP contribution < -0.4 is 19.7 Å². The molecule has 0 unspecified atom stereocenters. The molecule has 35 heavy (non-hydrogen) atoms. The number of aromatic nitrogens is 2. The summed E-state index contributed by atoms with van der Waals surface area (Å²) in [7, 11) is 1.64. The summed E-state index contributed by atoms with van der Waals surface area (Å²) in [5.74, 6) is 1.47. The first-order chi connectivity index (χ1) is 17.2. The highest BCUT2D eigenvalue weighted by Crippen LogP contribution is 2.33. The highest BCUT2D eigenvalue weighted by atomic mass is 16.5. The Kier molecular flexibility index (Phi) is 7.12. The molecule has 1 aliphatic carbocycles. The Morgan fingerprint density at radius 2 is 1.83 bits per heavy atom. The fourth-order valence-corrected chi connectivity index (χ4v) is 4.86. The molecule has 0 spiro atoms. The first-order valence-corrected chi connectivity index (χ1v) is 12.5. The van der Waals surface area contributed by atoms with Gasteiger partial charge in [-0.3, -0.25) is 4.79 Å². The van der Waals surface area contributed by atoms with Crippen LogP contribution in [0.5, 0.6) is 11.6 Å². The number of fused-ring (bicyclic) bond motifs is 1. The van der Waals surface area contributed by atoms with Gasteiger partial charge in [-0.2, -0.15) is 4.98 Å². The minimum Gasteiger partial charge on any atom is -0.497 e. The number of nitrogens with one attached hydrogen (secondary N) is 1. The number of carbonyl (C=O) groups is 1. The van der Waals surface area contributed by atoms with Crippen molar-refractivity contribution in [2.24, 2.45) is 0 Å². The van der Waals surface area contributed by atoms with Gasteiger partial charge in [0, 0.05) is 24.5 Å². The van der Waals surface area contributed by atoms with Gasteiger partial charge in [0.2, 0.25) is 11.8 Å². The smallest absolute Gasteiger partial charge is 0.258 e. The Bertz CT molecular complexity index is 1160. The molecule has 1 aromatic heterocycles. The molecule has 1 saturated carbocycles. The summed E-state index contributed by atoms with van der Waals surface area (Å²) >= 11 is 0. The predicted molar refractivity (Wildman–Crippen MR) is 135 cm³/mol. The van der Waals surface area contributed by atoms with Gasteiger partial charge >= 0.3 is 0 Å². The number of benzene rings is 2. The zero-order chi connectivity index (χ0) is 24.0. The number of hydrogen-bond donors (Lipinski definition) is 1. The number of nitrogens with zero attached hydrogens (tertiary/aromatic N) is 3. The zero-order valence-corrected chi connectivity index (χ0v) is 20.2. The van der Waals surface area contributed by atoms with E-state index in [1.54, 1.807) is 13.3 Å². The van der Waals surface area contributed by atoms with Crippen LogP contribution in [0.1, 0.15) is 60.0 Å². The molecule has 1 amide bonds. The third kappa shape index (κ3) is 5.39. The molecular weight excluding hydrogens is 440 g/mol. The summed E-state index contributed by atoms with van der Waals surface area (Å²) in [6.45, 7) is 1.09. The lowest BCUT2D eigenvalue weighted by atomic mass is 10.1. The van der Waals surface area contributed by atoms with Crippen LogP contribution in [0.2, 0.25) is 0 Å². The van der Waals surface area contributed by atoms with E-state index in [4.69, 9.17) is 14.5 Å². The fraction of sp³-hybridized carbons (Fsp3) is 0.393. The maximum Gasteiger partial charge on any atom is 0.258 e. The molecule has 1 fully saturated rings. The maximum atomic E-state index is 13.3. The van der Waals surface area contributed by atoms with E-state index in [1.807, 2.05) is 36.4 Å². The number of amides is 1. The number of methoxy groups -OCH3 is 1. The second-order valence-electron chi connectivity index (χ2n) is 9.22. The Labute approximate surface area is 206 Å². The topological polar surface area (TPSA) is 76.6 Å². The van der Waals surface area contributed by atoms with E-state index in [0.717, 1.165) is 55.6 Å². The maximum absolute atomic E-state index is 13.3. The molecule has 0 bridgehead atoms. The number of anilines is 2. The Hall–Kier alpha value is -3.61. The molecule has 5 rings (SSSR count). The van der Waals surface area contributed by atoms with E-state index in [-0.39, 0.29) is 11.9 Å². The van der Waals surface area contributed by atoms with Gasteiger partial charge in [-0.05, 0) is 48.6 Å². The van der Waals surface area contributed by atoms with Crippen molar-refractivity contribution in [1.29, 1.82) is 0 Å². The van der Waals surface area contributed by atoms with E-state index in [2.05, 4.69) is 27.3 Å². The molecule has 0 saturated heterocycles. The monoisotopic (exact) mass is 472 g/mol. The van der Waals surface area contributed by atoms with Crippen molar-refractivity contribution in [1.82, 2.24) is 15.3 Å². The van der Waals surface area contributed by atoms with Crippen LogP contribution in [-0.4, -0.2) is 35.6 Å². The SMILES string of the molecule is COc1ccc(COc2nc(N3CCc4ccccc43)ncc2C(=O)NC2CCCCCC2)cc1. The van der Waals surface area contributed by atoms with Crippen LogP contribution in [0.15, 0.2) is 54.7 Å². The van der Waals surface area contributed by atoms with Gasteiger partial charge in [-0.25, -0.2) is 4.98 Å². The average Bonchev–Trinajstić information content (AvgIpc) is 3.17. The van der Waals surface area contributed by atoms with Crippen molar-refractivity contribution in [2.45, 2.75) is 57.6 Å². The van der Waals surface area contributed by atoms with Crippen molar-refractivity contribution >= 4 is 17.5 Å². The lowest BCUT2D eigenvalue weighted by molar-refractivity contribution is 0.0927. The van der Waals surface area contributed by atoms with Crippen molar-refractivity contribution < 1.29 is 14.3 Å². The lowest BCUT2D eigenvalue weighted by Crippen LogP contribution is -2.35. The summed E-state index contributed by atoms with van der Waals surface area (Å²) in [5, 5.41) is 3.20. The molecule has 0 atom stereocenters. The molecule has 182 valence electrons. The normalized spacial score (nSPS) is 15.9. The largest absolute Gasteiger partial charge is 0.497 e. The molecule has 7 nitrogen and oxygen atoms in total. The lowest BCUT2D eigenvalue weighted by Gasteiger charge is -2.20. The van der Waals surface area contributed by atoms with E-state index in [1.165, 1.54) is 18.4 Å². The third-order valence-electron chi connectivity index (χ3n) is 6.84.